The van der Waals surface area contributed by atoms with Gasteiger partial charge in [0.2, 0.25) is 0 Å². The number of halogens is 1. The maximum absolute atomic E-state index is 11.0. The zero-order valence-electron chi connectivity index (χ0n) is 9.93. The molecule has 0 radical (unpaired) electrons. The highest BCUT2D eigenvalue weighted by Gasteiger charge is 2.41. The number of fused-ring (bicyclic) bond motifs is 2. The number of rotatable bonds is 3. The van der Waals surface area contributed by atoms with Crippen LogP contribution in [0.3, 0.4) is 0 Å². The molecule has 0 spiro atoms. The van der Waals surface area contributed by atoms with E-state index in [-0.39, 0.29) is 0 Å². The molecule has 4 heteroatoms. The van der Waals surface area contributed by atoms with Crippen LogP contribution in [-0.2, 0) is 0 Å². The predicted octanol–water partition coefficient (Wildman–Crippen LogP) is 3.56. The summed E-state index contributed by atoms with van der Waals surface area (Å²) < 4.78 is 7.05. The fraction of sp³-hybridized carbons (Fsp3) is 0.500. The van der Waals surface area contributed by atoms with Crippen LogP contribution in [0.25, 0.3) is 0 Å². The number of benzene rings is 1. The molecule has 0 saturated heterocycles. The lowest BCUT2D eigenvalue weighted by molar-refractivity contribution is 0.0695. The first kappa shape index (κ1) is 12.3. The average molecular weight is 358 g/mol. The van der Waals surface area contributed by atoms with Crippen LogP contribution in [0.4, 0.5) is 0 Å². The Hall–Kier alpha value is -0.780. The first-order valence-corrected chi connectivity index (χ1v) is 7.41. The van der Waals surface area contributed by atoms with Crippen molar-refractivity contribution < 1.29 is 14.6 Å². The minimum Gasteiger partial charge on any atom is -0.489 e. The SMILES string of the molecule is O=C(O)c1ccc(I)c(OC2CC3CCC2C3)c1. The average Bonchev–Trinajstić information content (AvgIpc) is 2.93. The molecular formula is C14H15IO3. The molecule has 1 N–H and O–H groups in total. The number of hydrogen-bond donors (Lipinski definition) is 1. The summed E-state index contributed by atoms with van der Waals surface area (Å²) in [5.41, 5.74) is 0.300. The highest BCUT2D eigenvalue weighted by molar-refractivity contribution is 14.1. The van der Waals surface area contributed by atoms with Crippen molar-refractivity contribution in [3.63, 3.8) is 0 Å². The van der Waals surface area contributed by atoms with Gasteiger partial charge < -0.3 is 9.84 Å². The van der Waals surface area contributed by atoms with Gasteiger partial charge in [-0.15, -0.1) is 0 Å². The van der Waals surface area contributed by atoms with Crippen LogP contribution in [-0.4, -0.2) is 17.2 Å². The summed E-state index contributed by atoms with van der Waals surface area (Å²) in [5.74, 6) is 1.34. The van der Waals surface area contributed by atoms with E-state index >= 15 is 0 Å². The van der Waals surface area contributed by atoms with Gasteiger partial charge in [0, 0.05) is 0 Å². The Balaban J connectivity index is 1.79. The van der Waals surface area contributed by atoms with E-state index < -0.39 is 5.97 Å². The molecule has 0 heterocycles. The fourth-order valence-corrected chi connectivity index (χ4v) is 3.68. The summed E-state index contributed by atoms with van der Waals surface area (Å²) in [6, 6.07) is 5.08. The molecule has 0 aromatic heterocycles. The van der Waals surface area contributed by atoms with Gasteiger partial charge in [-0.05, 0) is 78.3 Å². The molecular weight excluding hydrogens is 343 g/mol. The van der Waals surface area contributed by atoms with Crippen molar-refractivity contribution in [1.29, 1.82) is 0 Å². The van der Waals surface area contributed by atoms with Crippen molar-refractivity contribution in [3.8, 4) is 5.75 Å². The molecule has 3 unspecified atom stereocenters. The monoisotopic (exact) mass is 358 g/mol. The third kappa shape index (κ3) is 2.22. The standard InChI is InChI=1S/C14H15IO3/c15-11-4-3-10(14(16)17)7-13(11)18-12-6-8-1-2-9(12)5-8/h3-4,7-9,12H,1-2,5-6H2,(H,16,17). The fourth-order valence-electron chi connectivity index (χ4n) is 3.22. The van der Waals surface area contributed by atoms with E-state index in [1.165, 1.54) is 19.3 Å². The van der Waals surface area contributed by atoms with E-state index in [9.17, 15) is 4.79 Å². The summed E-state index contributed by atoms with van der Waals surface area (Å²) >= 11 is 2.20. The van der Waals surface area contributed by atoms with E-state index in [0.29, 0.717) is 17.6 Å². The molecule has 1 aromatic carbocycles. The summed E-state index contributed by atoms with van der Waals surface area (Å²) in [5, 5.41) is 9.01. The third-order valence-electron chi connectivity index (χ3n) is 4.13. The van der Waals surface area contributed by atoms with E-state index in [0.717, 1.165) is 21.7 Å². The maximum Gasteiger partial charge on any atom is 0.335 e. The summed E-state index contributed by atoms with van der Waals surface area (Å²) in [4.78, 5) is 11.0. The smallest absolute Gasteiger partial charge is 0.335 e. The second kappa shape index (κ2) is 4.72. The van der Waals surface area contributed by atoms with Gasteiger partial charge in [0.1, 0.15) is 11.9 Å². The summed E-state index contributed by atoms with van der Waals surface area (Å²) in [7, 11) is 0. The second-order valence-corrected chi connectivity index (χ2v) is 6.44. The molecule has 3 nitrogen and oxygen atoms in total. The Labute approximate surface area is 120 Å². The molecule has 2 aliphatic rings. The molecule has 2 aliphatic carbocycles. The molecule has 3 atom stereocenters. The molecule has 3 rings (SSSR count). The van der Waals surface area contributed by atoms with E-state index in [1.54, 1.807) is 12.1 Å². The molecule has 0 amide bonds. The Morgan fingerprint density at radius 1 is 1.33 bits per heavy atom. The van der Waals surface area contributed by atoms with Crippen LogP contribution < -0.4 is 4.74 Å². The Kier molecular flexibility index (Phi) is 3.21. The summed E-state index contributed by atoms with van der Waals surface area (Å²) in [6.07, 6.45) is 5.33. The lowest BCUT2D eigenvalue weighted by Gasteiger charge is -2.23. The summed E-state index contributed by atoms with van der Waals surface area (Å²) in [6.45, 7) is 0. The molecule has 1 aromatic rings. The lowest BCUT2D eigenvalue weighted by atomic mass is 9.98. The van der Waals surface area contributed by atoms with E-state index in [1.807, 2.05) is 6.07 Å². The zero-order chi connectivity index (χ0) is 12.7. The van der Waals surface area contributed by atoms with Crippen LogP contribution >= 0.6 is 22.6 Å². The molecule has 0 aliphatic heterocycles. The highest BCUT2D eigenvalue weighted by Crippen LogP contribution is 2.46. The van der Waals surface area contributed by atoms with Crippen LogP contribution in [0.2, 0.25) is 0 Å². The lowest BCUT2D eigenvalue weighted by Crippen LogP contribution is -2.23. The largest absolute Gasteiger partial charge is 0.489 e. The minimum atomic E-state index is -0.899. The topological polar surface area (TPSA) is 46.5 Å². The first-order chi connectivity index (χ1) is 8.63. The van der Waals surface area contributed by atoms with Crippen molar-refractivity contribution in [2.75, 3.05) is 0 Å². The number of carbonyl (C=O) groups is 1. The number of carboxylic acid groups (broad SMARTS) is 1. The molecule has 96 valence electrons. The molecule has 18 heavy (non-hydrogen) atoms. The van der Waals surface area contributed by atoms with E-state index in [4.69, 9.17) is 9.84 Å². The van der Waals surface area contributed by atoms with Gasteiger partial charge in [-0.3, -0.25) is 0 Å². The van der Waals surface area contributed by atoms with Crippen molar-refractivity contribution in [2.45, 2.75) is 31.8 Å². The van der Waals surface area contributed by atoms with Crippen LogP contribution in [0, 0.1) is 15.4 Å². The Bertz CT molecular complexity index is 486. The van der Waals surface area contributed by atoms with Gasteiger partial charge in [-0.25, -0.2) is 4.79 Å². The molecule has 2 bridgehead atoms. The van der Waals surface area contributed by atoms with Gasteiger partial charge in [0.25, 0.3) is 0 Å². The van der Waals surface area contributed by atoms with Crippen LogP contribution in [0.15, 0.2) is 18.2 Å². The van der Waals surface area contributed by atoms with Gasteiger partial charge in [-0.2, -0.15) is 0 Å². The molecule has 2 saturated carbocycles. The Morgan fingerprint density at radius 3 is 2.78 bits per heavy atom. The van der Waals surface area contributed by atoms with Gasteiger partial charge in [0.15, 0.2) is 0 Å². The maximum atomic E-state index is 11.0. The van der Waals surface area contributed by atoms with Crippen molar-refractivity contribution in [2.24, 2.45) is 11.8 Å². The predicted molar refractivity (Wildman–Crippen MR) is 76.0 cm³/mol. The van der Waals surface area contributed by atoms with Gasteiger partial charge in [0.05, 0.1) is 9.13 Å². The third-order valence-corrected chi connectivity index (χ3v) is 5.02. The molecule has 2 fully saturated rings. The second-order valence-electron chi connectivity index (χ2n) is 5.28. The number of ether oxygens (including phenoxy) is 1. The van der Waals surface area contributed by atoms with Crippen molar-refractivity contribution in [3.05, 3.63) is 27.3 Å². The van der Waals surface area contributed by atoms with Crippen molar-refractivity contribution >= 4 is 28.6 Å². The van der Waals surface area contributed by atoms with Crippen LogP contribution in [0.5, 0.6) is 5.75 Å². The van der Waals surface area contributed by atoms with Crippen LogP contribution in [0.1, 0.15) is 36.0 Å². The first-order valence-electron chi connectivity index (χ1n) is 6.33. The highest BCUT2D eigenvalue weighted by atomic mass is 127. The number of carboxylic acids is 1. The van der Waals surface area contributed by atoms with Crippen molar-refractivity contribution in [1.82, 2.24) is 0 Å². The van der Waals surface area contributed by atoms with Gasteiger partial charge in [-0.1, -0.05) is 0 Å². The number of aromatic carboxylic acids is 1. The quantitative estimate of drug-likeness (QED) is 0.841. The minimum absolute atomic E-state index is 0.293. The number of hydrogen-bond acceptors (Lipinski definition) is 2. The van der Waals surface area contributed by atoms with E-state index in [2.05, 4.69) is 22.6 Å². The zero-order valence-corrected chi connectivity index (χ0v) is 12.1. The van der Waals surface area contributed by atoms with Gasteiger partial charge >= 0.3 is 5.97 Å². The Morgan fingerprint density at radius 2 is 2.17 bits per heavy atom. The normalized spacial score (nSPS) is 29.5.